The van der Waals surface area contributed by atoms with Gasteiger partial charge in [0.1, 0.15) is 13.3 Å². The molecule has 0 aromatic rings. The summed E-state index contributed by atoms with van der Waals surface area (Å²) in [6, 6.07) is -1.19. The Hall–Kier alpha value is -0.710. The Labute approximate surface area is 82.5 Å². The first-order chi connectivity index (χ1) is 6.69. The van der Waals surface area contributed by atoms with Crippen molar-refractivity contribution >= 4 is 5.91 Å². The second-order valence-corrected chi connectivity index (χ2v) is 3.65. The Morgan fingerprint density at radius 1 is 1.57 bits per heavy atom. The summed E-state index contributed by atoms with van der Waals surface area (Å²) >= 11 is 0. The zero-order valence-corrected chi connectivity index (χ0v) is 8.30. The van der Waals surface area contributed by atoms with Crippen LogP contribution in [0.4, 0.5) is 8.78 Å². The lowest BCUT2D eigenvalue weighted by Gasteiger charge is -2.20. The van der Waals surface area contributed by atoms with Gasteiger partial charge in [0.05, 0.1) is 12.1 Å². The third-order valence-corrected chi connectivity index (χ3v) is 2.54. The Morgan fingerprint density at radius 2 is 2.21 bits per heavy atom. The quantitative estimate of drug-likeness (QED) is 0.726. The second-order valence-electron chi connectivity index (χ2n) is 3.65. The van der Waals surface area contributed by atoms with Crippen LogP contribution in [0.2, 0.25) is 0 Å². The number of amides is 1. The number of hydrogen-bond donors (Lipinski definition) is 1. The van der Waals surface area contributed by atoms with E-state index in [1.807, 2.05) is 11.9 Å². The number of likely N-dealkylation sites (tertiary alicyclic amines) is 1. The molecule has 0 unspecified atom stereocenters. The number of halogens is 2. The van der Waals surface area contributed by atoms with Crippen molar-refractivity contribution in [2.45, 2.75) is 24.9 Å². The smallest absolute Gasteiger partial charge is 0.237 e. The molecule has 0 spiro atoms. The fraction of sp³-hybridized carbons (Fsp3) is 0.889. The van der Waals surface area contributed by atoms with Crippen LogP contribution in [0.25, 0.3) is 0 Å². The number of nitrogens with one attached hydrogen (secondary N) is 1. The van der Waals surface area contributed by atoms with Crippen molar-refractivity contribution in [2.75, 3.05) is 26.9 Å². The number of alkyl halides is 2. The number of hydrogen-bond acceptors (Lipinski definition) is 2. The van der Waals surface area contributed by atoms with E-state index in [4.69, 9.17) is 0 Å². The zero-order valence-electron chi connectivity index (χ0n) is 8.30. The van der Waals surface area contributed by atoms with Gasteiger partial charge in [0, 0.05) is 0 Å². The SMILES string of the molecule is CN1CCC[C@H]1C(=O)NC(CF)CF. The van der Waals surface area contributed by atoms with Crippen molar-refractivity contribution in [1.29, 1.82) is 0 Å². The largest absolute Gasteiger partial charge is 0.347 e. The van der Waals surface area contributed by atoms with Crippen LogP contribution in [0.1, 0.15) is 12.8 Å². The Kier molecular flexibility index (Phi) is 4.25. The lowest BCUT2D eigenvalue weighted by molar-refractivity contribution is -0.126. The normalized spacial score (nSPS) is 23.0. The minimum atomic E-state index is -0.975. The van der Waals surface area contributed by atoms with E-state index in [2.05, 4.69) is 5.32 Å². The van der Waals surface area contributed by atoms with Crippen LogP contribution < -0.4 is 5.32 Å². The number of carbonyl (C=O) groups is 1. The van der Waals surface area contributed by atoms with Crippen LogP contribution >= 0.6 is 0 Å². The highest BCUT2D eigenvalue weighted by Crippen LogP contribution is 2.14. The van der Waals surface area contributed by atoms with Crippen LogP contribution in [0, 0.1) is 0 Å². The summed E-state index contributed by atoms with van der Waals surface area (Å²) < 4.78 is 24.3. The fourth-order valence-corrected chi connectivity index (χ4v) is 1.66. The molecule has 3 nitrogen and oxygen atoms in total. The van der Waals surface area contributed by atoms with Crippen molar-refractivity contribution in [1.82, 2.24) is 10.2 Å². The second kappa shape index (κ2) is 5.24. The molecule has 1 heterocycles. The first kappa shape index (κ1) is 11.4. The highest BCUT2D eigenvalue weighted by molar-refractivity contribution is 5.82. The van der Waals surface area contributed by atoms with Crippen molar-refractivity contribution in [3.05, 3.63) is 0 Å². The highest BCUT2D eigenvalue weighted by Gasteiger charge is 2.28. The van der Waals surface area contributed by atoms with Gasteiger partial charge >= 0.3 is 0 Å². The molecule has 1 saturated heterocycles. The molecule has 1 atom stereocenters. The number of nitrogens with zero attached hydrogens (tertiary/aromatic N) is 1. The molecule has 1 rings (SSSR count). The van der Waals surface area contributed by atoms with Gasteiger partial charge in [0.25, 0.3) is 0 Å². The molecule has 1 amide bonds. The first-order valence-electron chi connectivity index (χ1n) is 4.81. The summed E-state index contributed by atoms with van der Waals surface area (Å²) in [5, 5.41) is 2.36. The van der Waals surface area contributed by atoms with Gasteiger partial charge in [0.2, 0.25) is 5.91 Å². The molecule has 1 aliphatic rings. The van der Waals surface area contributed by atoms with Gasteiger partial charge in [-0.1, -0.05) is 0 Å². The Balaban J connectivity index is 2.40. The first-order valence-corrected chi connectivity index (χ1v) is 4.81. The lowest BCUT2D eigenvalue weighted by atomic mass is 10.2. The van der Waals surface area contributed by atoms with E-state index in [-0.39, 0.29) is 11.9 Å². The maximum Gasteiger partial charge on any atom is 0.237 e. The van der Waals surface area contributed by atoms with E-state index in [1.165, 1.54) is 0 Å². The van der Waals surface area contributed by atoms with Crippen LogP contribution in [-0.4, -0.2) is 49.8 Å². The third-order valence-electron chi connectivity index (χ3n) is 2.54. The van der Waals surface area contributed by atoms with Gasteiger partial charge in [-0.05, 0) is 26.4 Å². The summed E-state index contributed by atoms with van der Waals surface area (Å²) in [6.07, 6.45) is 1.73. The molecule has 14 heavy (non-hydrogen) atoms. The molecule has 0 aromatic carbocycles. The third kappa shape index (κ3) is 2.64. The Bertz CT molecular complexity index is 197. The molecule has 0 aromatic heterocycles. The van der Waals surface area contributed by atoms with Gasteiger partial charge in [-0.3, -0.25) is 9.69 Å². The average Bonchev–Trinajstić information content (AvgIpc) is 2.60. The van der Waals surface area contributed by atoms with Gasteiger partial charge < -0.3 is 5.32 Å². The molecular weight excluding hydrogens is 190 g/mol. The maximum atomic E-state index is 12.1. The molecule has 5 heteroatoms. The van der Waals surface area contributed by atoms with Gasteiger partial charge in [-0.25, -0.2) is 8.78 Å². The van der Waals surface area contributed by atoms with Crippen LogP contribution in [0.3, 0.4) is 0 Å². The van der Waals surface area contributed by atoms with Crippen LogP contribution in [0.15, 0.2) is 0 Å². The van der Waals surface area contributed by atoms with Gasteiger partial charge in [-0.2, -0.15) is 0 Å². The molecule has 82 valence electrons. The van der Waals surface area contributed by atoms with Crippen LogP contribution in [0.5, 0.6) is 0 Å². The van der Waals surface area contributed by atoms with Crippen molar-refractivity contribution < 1.29 is 13.6 Å². The monoisotopic (exact) mass is 206 g/mol. The molecule has 0 saturated carbocycles. The fourth-order valence-electron chi connectivity index (χ4n) is 1.66. The van der Waals surface area contributed by atoms with Gasteiger partial charge in [0.15, 0.2) is 0 Å². The van der Waals surface area contributed by atoms with Crippen molar-refractivity contribution in [2.24, 2.45) is 0 Å². The molecule has 1 N–H and O–H groups in total. The van der Waals surface area contributed by atoms with Crippen molar-refractivity contribution in [3.63, 3.8) is 0 Å². The molecule has 1 fully saturated rings. The number of likely N-dealkylation sites (N-methyl/N-ethyl adjacent to an activating group) is 1. The highest BCUT2D eigenvalue weighted by atomic mass is 19.1. The molecule has 0 aliphatic carbocycles. The van der Waals surface area contributed by atoms with E-state index >= 15 is 0 Å². The zero-order chi connectivity index (χ0) is 10.6. The van der Waals surface area contributed by atoms with Crippen LogP contribution in [-0.2, 0) is 4.79 Å². The standard InChI is InChI=1S/C9H16F2N2O/c1-13-4-2-3-8(13)9(14)12-7(5-10)6-11/h7-8H,2-6H2,1H3,(H,12,14)/t8-/m0/s1. The van der Waals surface area contributed by atoms with Crippen molar-refractivity contribution in [3.8, 4) is 0 Å². The van der Waals surface area contributed by atoms with E-state index in [0.29, 0.717) is 0 Å². The molecule has 0 radical (unpaired) electrons. The summed E-state index contributed by atoms with van der Waals surface area (Å²) in [6.45, 7) is -0.828. The topological polar surface area (TPSA) is 32.3 Å². The molecule has 1 aliphatic heterocycles. The summed E-state index contributed by atoms with van der Waals surface area (Å²) in [5.74, 6) is -0.259. The minimum Gasteiger partial charge on any atom is -0.347 e. The summed E-state index contributed by atoms with van der Waals surface area (Å²) in [7, 11) is 1.84. The Morgan fingerprint density at radius 3 is 2.64 bits per heavy atom. The average molecular weight is 206 g/mol. The predicted octanol–water partition coefficient (Wildman–Crippen LogP) is 0.504. The number of rotatable bonds is 4. The minimum absolute atomic E-state index is 0.212. The van der Waals surface area contributed by atoms with E-state index < -0.39 is 19.4 Å². The van der Waals surface area contributed by atoms with Gasteiger partial charge in [-0.15, -0.1) is 0 Å². The lowest BCUT2D eigenvalue weighted by Crippen LogP contribution is -2.47. The maximum absolute atomic E-state index is 12.1. The number of carbonyl (C=O) groups excluding carboxylic acids is 1. The molecular formula is C9H16F2N2O. The molecule has 0 bridgehead atoms. The van der Waals surface area contributed by atoms with E-state index in [1.54, 1.807) is 0 Å². The summed E-state index contributed by atoms with van der Waals surface area (Å²) in [4.78, 5) is 13.4. The van der Waals surface area contributed by atoms with E-state index in [0.717, 1.165) is 19.4 Å². The predicted molar refractivity (Wildman–Crippen MR) is 49.5 cm³/mol. The van der Waals surface area contributed by atoms with E-state index in [9.17, 15) is 13.6 Å². The summed E-state index contributed by atoms with van der Waals surface area (Å²) in [5.41, 5.74) is 0.